The van der Waals surface area contributed by atoms with Crippen LogP contribution in [0.3, 0.4) is 0 Å². The number of rotatable bonds is 6. The summed E-state index contributed by atoms with van der Waals surface area (Å²) in [5.74, 6) is 0.0437. The fraction of sp³-hybridized carbons (Fsp3) is 0.0833. The van der Waals surface area contributed by atoms with Crippen molar-refractivity contribution >= 4 is 28.8 Å². The maximum absolute atomic E-state index is 12.3. The van der Waals surface area contributed by atoms with Crippen LogP contribution in [-0.4, -0.2) is 25.0 Å². The van der Waals surface area contributed by atoms with E-state index in [1.807, 2.05) is 36.2 Å². The molecule has 180 valence electrons. The maximum Gasteiger partial charge on any atom is 0.349 e. The van der Waals surface area contributed by atoms with E-state index in [2.05, 4.69) is 21.9 Å². The monoisotopic (exact) mass is 522 g/mol. The van der Waals surface area contributed by atoms with Crippen LogP contribution >= 0.6 is 23.2 Å². The Kier molecular flexibility index (Phi) is 6.87. The van der Waals surface area contributed by atoms with Gasteiger partial charge in [-0.3, -0.25) is 14.6 Å². The second kappa shape index (κ2) is 10.0. The van der Waals surface area contributed by atoms with Crippen LogP contribution in [0.15, 0.2) is 63.4 Å². The number of hydrogen-bond donors (Lipinski definition) is 2. The van der Waals surface area contributed by atoms with Crippen LogP contribution in [0.25, 0.3) is 11.3 Å². The second-order valence-electron chi connectivity index (χ2n) is 7.69. The lowest BCUT2D eigenvalue weighted by atomic mass is 10.0. The summed E-state index contributed by atoms with van der Waals surface area (Å²) >= 11 is 12.7. The number of nitrogens with one attached hydrogen (secondary N) is 2. The molecule has 36 heavy (non-hydrogen) atoms. The molecule has 2 heterocycles. The molecule has 0 unspecified atom stereocenters. The third-order valence-electron chi connectivity index (χ3n) is 5.07. The number of nitrogens with zero attached hydrogens (tertiary/aromatic N) is 4. The van der Waals surface area contributed by atoms with Crippen molar-refractivity contribution in [2.75, 3.05) is 0 Å². The minimum atomic E-state index is -0.914. The van der Waals surface area contributed by atoms with E-state index in [-0.39, 0.29) is 32.9 Å². The van der Waals surface area contributed by atoms with Gasteiger partial charge in [0.1, 0.15) is 6.07 Å². The number of hydrogen-bond acceptors (Lipinski definition) is 7. The zero-order valence-electron chi connectivity index (χ0n) is 18.6. The minimum absolute atomic E-state index is 0.0105. The van der Waals surface area contributed by atoms with E-state index in [1.54, 1.807) is 6.07 Å². The highest BCUT2D eigenvalue weighted by atomic mass is 35.5. The first kappa shape index (κ1) is 24.7. The van der Waals surface area contributed by atoms with Gasteiger partial charge in [0, 0.05) is 18.1 Å². The highest BCUT2D eigenvalue weighted by Crippen LogP contribution is 2.37. The van der Waals surface area contributed by atoms with E-state index in [1.165, 1.54) is 18.2 Å². The van der Waals surface area contributed by atoms with Crippen molar-refractivity contribution < 1.29 is 4.74 Å². The fourth-order valence-electron chi connectivity index (χ4n) is 3.25. The molecule has 0 amide bonds. The molecule has 0 atom stereocenters. The average Bonchev–Trinajstić information content (AvgIpc) is 2.83. The Balaban J connectivity index is 1.64. The largest absolute Gasteiger partial charge is 0.434 e. The molecule has 0 bridgehead atoms. The lowest BCUT2D eigenvalue weighted by Gasteiger charge is -2.12. The molecule has 0 aliphatic heterocycles. The van der Waals surface area contributed by atoms with E-state index >= 15 is 0 Å². The summed E-state index contributed by atoms with van der Waals surface area (Å²) < 4.78 is 6.51. The Labute approximate surface area is 213 Å². The highest BCUT2D eigenvalue weighted by Gasteiger charge is 2.16. The van der Waals surface area contributed by atoms with Crippen LogP contribution < -0.4 is 21.5 Å². The SMILES string of the molecule is C=C(C)c1ccc(Cc2cc(Oc3c(Cl)cc(-n4nc(C#N)c(=O)[nH]c4=O)cc3Cl)n[nH]c2=O)cc1. The zero-order chi connectivity index (χ0) is 26.0. The van der Waals surface area contributed by atoms with Gasteiger partial charge in [-0.05, 0) is 30.2 Å². The van der Waals surface area contributed by atoms with Crippen molar-refractivity contribution in [2.45, 2.75) is 13.3 Å². The van der Waals surface area contributed by atoms with Crippen molar-refractivity contribution in [1.29, 1.82) is 5.26 Å². The molecule has 0 saturated carbocycles. The normalized spacial score (nSPS) is 10.6. The maximum atomic E-state index is 12.3. The number of H-pyrrole nitrogens is 2. The zero-order valence-corrected chi connectivity index (χ0v) is 20.1. The first-order valence-electron chi connectivity index (χ1n) is 10.3. The molecule has 0 fully saturated rings. The lowest BCUT2D eigenvalue weighted by Crippen LogP contribution is -2.33. The van der Waals surface area contributed by atoms with E-state index in [9.17, 15) is 14.4 Å². The molecule has 0 spiro atoms. The quantitative estimate of drug-likeness (QED) is 0.393. The van der Waals surface area contributed by atoms with Gasteiger partial charge in [0.25, 0.3) is 11.1 Å². The average molecular weight is 523 g/mol. The smallest absolute Gasteiger partial charge is 0.349 e. The van der Waals surface area contributed by atoms with Crippen LogP contribution in [0, 0.1) is 11.3 Å². The molecule has 0 aliphatic carbocycles. The van der Waals surface area contributed by atoms with Gasteiger partial charge >= 0.3 is 5.69 Å². The van der Waals surface area contributed by atoms with Gasteiger partial charge in [-0.25, -0.2) is 9.89 Å². The van der Waals surface area contributed by atoms with E-state index < -0.39 is 16.9 Å². The third-order valence-corrected chi connectivity index (χ3v) is 5.63. The van der Waals surface area contributed by atoms with Crippen molar-refractivity contribution in [1.82, 2.24) is 25.0 Å². The Morgan fingerprint density at radius 1 is 1.11 bits per heavy atom. The van der Waals surface area contributed by atoms with Crippen molar-refractivity contribution in [3.63, 3.8) is 0 Å². The van der Waals surface area contributed by atoms with E-state index in [0.717, 1.165) is 21.4 Å². The number of aromatic amines is 2. The summed E-state index contributed by atoms with van der Waals surface area (Å²) in [4.78, 5) is 38.1. The topological polar surface area (TPSA) is 147 Å². The van der Waals surface area contributed by atoms with Crippen molar-refractivity contribution in [3.05, 3.63) is 113 Å². The van der Waals surface area contributed by atoms with Crippen molar-refractivity contribution in [2.24, 2.45) is 0 Å². The molecule has 12 heteroatoms. The molecular weight excluding hydrogens is 507 g/mol. The lowest BCUT2D eigenvalue weighted by molar-refractivity contribution is 0.453. The van der Waals surface area contributed by atoms with Crippen LogP contribution in [0.5, 0.6) is 11.6 Å². The Bertz CT molecular complexity index is 1690. The van der Waals surface area contributed by atoms with Gasteiger partial charge in [-0.2, -0.15) is 9.94 Å². The Morgan fingerprint density at radius 3 is 2.39 bits per heavy atom. The number of allylic oxidation sites excluding steroid dienone is 1. The van der Waals surface area contributed by atoms with Crippen LogP contribution in [0.4, 0.5) is 0 Å². The standard InChI is InChI=1S/C24H16Cl2N6O4/c1-12(2)14-5-3-13(4-6-14)7-15-8-20(29-30-22(15)33)36-21-17(25)9-16(10-18(21)26)32-24(35)28-23(34)19(11-27)31-32/h3-6,8-10H,1,7H2,2H3,(H,30,33)(H,28,34,35). The highest BCUT2D eigenvalue weighted by molar-refractivity contribution is 6.37. The number of aromatic nitrogens is 5. The summed E-state index contributed by atoms with van der Waals surface area (Å²) in [5, 5.41) is 19.0. The first-order chi connectivity index (χ1) is 17.2. The summed E-state index contributed by atoms with van der Waals surface area (Å²) in [7, 11) is 0. The summed E-state index contributed by atoms with van der Waals surface area (Å²) in [6.45, 7) is 5.82. The number of halogens is 2. The molecule has 0 aliphatic rings. The summed E-state index contributed by atoms with van der Waals surface area (Å²) in [6, 6.07) is 13.3. The molecule has 4 aromatic rings. The van der Waals surface area contributed by atoms with Crippen LogP contribution in [-0.2, 0) is 6.42 Å². The molecule has 0 saturated heterocycles. The minimum Gasteiger partial charge on any atom is -0.434 e. The fourth-order valence-corrected chi connectivity index (χ4v) is 3.81. The number of nitriles is 1. The second-order valence-corrected chi connectivity index (χ2v) is 8.50. The van der Waals surface area contributed by atoms with E-state index in [0.29, 0.717) is 12.0 Å². The molecule has 10 nitrogen and oxygen atoms in total. The van der Waals surface area contributed by atoms with E-state index in [4.69, 9.17) is 33.2 Å². The number of ether oxygens (including phenoxy) is 1. The Hall–Kier alpha value is -4.46. The molecule has 2 aromatic carbocycles. The molecule has 2 N–H and O–H groups in total. The summed E-state index contributed by atoms with van der Waals surface area (Å²) in [6.07, 6.45) is 0.326. The molecular formula is C24H16Cl2N6O4. The summed E-state index contributed by atoms with van der Waals surface area (Å²) in [5.41, 5.74) is 0.637. The van der Waals surface area contributed by atoms with Gasteiger partial charge in [0.2, 0.25) is 11.6 Å². The van der Waals surface area contributed by atoms with Gasteiger partial charge in [-0.1, -0.05) is 59.6 Å². The van der Waals surface area contributed by atoms with Gasteiger partial charge in [0.15, 0.2) is 5.75 Å². The number of benzene rings is 2. The van der Waals surface area contributed by atoms with Gasteiger partial charge < -0.3 is 4.74 Å². The predicted octanol–water partition coefficient (Wildman–Crippen LogP) is 3.60. The van der Waals surface area contributed by atoms with Gasteiger partial charge in [-0.15, -0.1) is 10.2 Å². The van der Waals surface area contributed by atoms with Crippen LogP contribution in [0.1, 0.15) is 29.3 Å². The Morgan fingerprint density at radius 2 is 1.78 bits per heavy atom. The first-order valence-corrected chi connectivity index (χ1v) is 11.1. The molecule has 0 radical (unpaired) electrons. The van der Waals surface area contributed by atoms with Crippen molar-refractivity contribution in [3.8, 4) is 23.4 Å². The molecule has 4 rings (SSSR count). The van der Waals surface area contributed by atoms with Gasteiger partial charge in [0.05, 0.1) is 15.7 Å². The molecule has 2 aromatic heterocycles. The predicted molar refractivity (Wildman–Crippen MR) is 134 cm³/mol. The van der Waals surface area contributed by atoms with Crippen LogP contribution in [0.2, 0.25) is 10.0 Å². The third kappa shape index (κ3) is 5.12.